The van der Waals surface area contributed by atoms with Crippen molar-refractivity contribution in [3.63, 3.8) is 0 Å². The first kappa shape index (κ1) is 10.8. The van der Waals surface area contributed by atoms with Crippen molar-refractivity contribution in [3.8, 4) is 0 Å². The maximum absolute atomic E-state index is 10.9. The van der Waals surface area contributed by atoms with E-state index in [0.29, 0.717) is 10.8 Å². The molecule has 0 aromatic carbocycles. The summed E-state index contributed by atoms with van der Waals surface area (Å²) in [7, 11) is 0. The number of rotatable bonds is 3. The van der Waals surface area contributed by atoms with Crippen LogP contribution in [-0.4, -0.2) is 37.2 Å². The molecule has 7 nitrogen and oxygen atoms in total. The lowest BCUT2D eigenvalue weighted by atomic mass is 10.1. The number of nitrogens with zero attached hydrogens (tertiary/aromatic N) is 4. The van der Waals surface area contributed by atoms with Crippen LogP contribution in [0, 0.1) is 0 Å². The van der Waals surface area contributed by atoms with Gasteiger partial charge in [-0.1, -0.05) is 11.6 Å². The van der Waals surface area contributed by atoms with Crippen molar-refractivity contribution in [1.82, 2.24) is 19.6 Å². The summed E-state index contributed by atoms with van der Waals surface area (Å²) in [5.41, 5.74) is 5.34. The van der Waals surface area contributed by atoms with Crippen LogP contribution in [0.15, 0.2) is 12.4 Å². The lowest BCUT2D eigenvalue weighted by molar-refractivity contribution is -0.138. The van der Waals surface area contributed by atoms with E-state index in [2.05, 4.69) is 15.1 Å². The Kier molecular flexibility index (Phi) is 2.71. The smallest absolute Gasteiger partial charge is 0.315 e. The van der Waals surface area contributed by atoms with Gasteiger partial charge >= 0.3 is 5.97 Å². The minimum Gasteiger partial charge on any atom is -0.481 e. The molecule has 8 heteroatoms. The highest BCUT2D eigenvalue weighted by molar-refractivity contribution is 6.30. The Labute approximate surface area is 94.9 Å². The molecule has 1 unspecified atom stereocenters. The Hall–Kier alpha value is -1.73. The summed E-state index contributed by atoms with van der Waals surface area (Å²) in [5, 5.41) is 13.2. The van der Waals surface area contributed by atoms with Crippen molar-refractivity contribution in [1.29, 1.82) is 0 Å². The third-order valence-electron chi connectivity index (χ3n) is 2.02. The normalized spacial score (nSPS) is 12.9. The van der Waals surface area contributed by atoms with Crippen molar-refractivity contribution in [2.45, 2.75) is 5.92 Å². The van der Waals surface area contributed by atoms with Gasteiger partial charge < -0.3 is 10.8 Å². The van der Waals surface area contributed by atoms with E-state index in [-0.39, 0.29) is 12.4 Å². The van der Waals surface area contributed by atoms with E-state index in [1.165, 1.54) is 16.9 Å². The SMILES string of the molecule is NCC(C(=O)O)c1nc2ncc(Cl)cn2n1. The van der Waals surface area contributed by atoms with Gasteiger partial charge in [-0.2, -0.15) is 4.98 Å². The zero-order valence-corrected chi connectivity index (χ0v) is 8.79. The summed E-state index contributed by atoms with van der Waals surface area (Å²) < 4.78 is 1.32. The Morgan fingerprint density at radius 2 is 2.44 bits per heavy atom. The van der Waals surface area contributed by atoms with E-state index in [9.17, 15) is 4.79 Å². The van der Waals surface area contributed by atoms with Crippen molar-refractivity contribution in [2.24, 2.45) is 5.73 Å². The maximum atomic E-state index is 10.9. The largest absolute Gasteiger partial charge is 0.481 e. The summed E-state index contributed by atoms with van der Waals surface area (Å²) in [6.45, 7) is -0.0695. The first-order valence-electron chi connectivity index (χ1n) is 4.42. The summed E-state index contributed by atoms with van der Waals surface area (Å²) in [6.07, 6.45) is 2.91. The standard InChI is InChI=1S/C8H8ClN5O2/c9-4-2-11-8-12-6(13-14(8)3-4)5(1-10)7(15)16/h2-3,5H,1,10H2,(H,15,16). The third-order valence-corrected chi connectivity index (χ3v) is 2.22. The molecule has 0 saturated heterocycles. The number of aliphatic carboxylic acids is 1. The molecule has 0 radical (unpaired) electrons. The van der Waals surface area contributed by atoms with Gasteiger partial charge in [0.2, 0.25) is 0 Å². The van der Waals surface area contributed by atoms with Crippen molar-refractivity contribution in [3.05, 3.63) is 23.2 Å². The Morgan fingerprint density at radius 1 is 1.69 bits per heavy atom. The van der Waals surface area contributed by atoms with E-state index in [1.807, 2.05) is 0 Å². The fourth-order valence-corrected chi connectivity index (χ4v) is 1.38. The average molecular weight is 242 g/mol. The summed E-state index contributed by atoms with van der Waals surface area (Å²) in [5.74, 6) is -1.58. The van der Waals surface area contributed by atoms with Gasteiger partial charge in [-0.3, -0.25) is 4.79 Å². The predicted molar refractivity (Wildman–Crippen MR) is 55.2 cm³/mol. The lowest BCUT2D eigenvalue weighted by Gasteiger charge is -2.02. The number of hydrogen-bond acceptors (Lipinski definition) is 5. The molecule has 3 N–H and O–H groups in total. The van der Waals surface area contributed by atoms with Crippen molar-refractivity contribution in [2.75, 3.05) is 6.54 Å². The molecule has 0 fully saturated rings. The maximum Gasteiger partial charge on any atom is 0.315 e. The topological polar surface area (TPSA) is 106 Å². The Balaban J connectivity index is 2.49. The van der Waals surface area contributed by atoms with Crippen LogP contribution in [0.3, 0.4) is 0 Å². The molecule has 2 rings (SSSR count). The molecule has 0 aliphatic carbocycles. The molecule has 0 aliphatic rings. The third kappa shape index (κ3) is 1.82. The van der Waals surface area contributed by atoms with Crippen LogP contribution >= 0.6 is 11.6 Å². The Bertz CT molecular complexity index is 540. The predicted octanol–water partition coefficient (Wildman–Crippen LogP) is -0.0954. The summed E-state index contributed by atoms with van der Waals surface area (Å²) >= 11 is 5.71. The van der Waals surface area contributed by atoms with Gasteiger partial charge in [-0.15, -0.1) is 5.10 Å². The highest BCUT2D eigenvalue weighted by Crippen LogP contribution is 2.12. The second kappa shape index (κ2) is 4.03. The zero-order valence-electron chi connectivity index (χ0n) is 8.04. The first-order valence-corrected chi connectivity index (χ1v) is 4.80. The number of fused-ring (bicyclic) bond motifs is 1. The van der Waals surface area contributed by atoms with Crippen LogP contribution in [0.2, 0.25) is 5.02 Å². The van der Waals surface area contributed by atoms with Crippen molar-refractivity contribution < 1.29 is 9.90 Å². The molecule has 1 atom stereocenters. The van der Waals surface area contributed by atoms with Gasteiger partial charge in [0.05, 0.1) is 17.4 Å². The quantitative estimate of drug-likeness (QED) is 0.778. The van der Waals surface area contributed by atoms with Gasteiger partial charge in [0.15, 0.2) is 5.82 Å². The molecular formula is C8H8ClN5O2. The molecule has 0 saturated carbocycles. The van der Waals surface area contributed by atoms with Crippen LogP contribution in [0.5, 0.6) is 0 Å². The van der Waals surface area contributed by atoms with Gasteiger partial charge in [-0.25, -0.2) is 9.50 Å². The number of halogens is 1. The number of nitrogens with two attached hydrogens (primary N) is 1. The molecule has 0 amide bonds. The molecule has 0 aliphatic heterocycles. The average Bonchev–Trinajstić information content (AvgIpc) is 2.60. The van der Waals surface area contributed by atoms with E-state index < -0.39 is 11.9 Å². The number of hydrogen-bond donors (Lipinski definition) is 2. The minimum absolute atomic E-state index is 0.0695. The monoisotopic (exact) mass is 241 g/mol. The first-order chi connectivity index (χ1) is 7.61. The Morgan fingerprint density at radius 3 is 3.06 bits per heavy atom. The van der Waals surface area contributed by atoms with Crippen LogP contribution in [0.25, 0.3) is 5.78 Å². The number of carboxylic acids is 1. The fraction of sp³-hybridized carbons (Fsp3) is 0.250. The number of carbonyl (C=O) groups is 1. The highest BCUT2D eigenvalue weighted by Gasteiger charge is 2.23. The van der Waals surface area contributed by atoms with Crippen LogP contribution in [-0.2, 0) is 4.79 Å². The molecule has 84 valence electrons. The number of aromatic nitrogens is 4. The van der Waals surface area contributed by atoms with E-state index in [0.717, 1.165) is 0 Å². The second-order valence-corrected chi connectivity index (χ2v) is 3.55. The molecule has 0 spiro atoms. The van der Waals surface area contributed by atoms with Gasteiger partial charge in [0.1, 0.15) is 5.92 Å². The van der Waals surface area contributed by atoms with E-state index >= 15 is 0 Å². The minimum atomic E-state index is -1.07. The molecule has 2 heterocycles. The molecule has 2 aromatic rings. The van der Waals surface area contributed by atoms with Gasteiger partial charge in [0, 0.05) is 6.54 Å². The zero-order chi connectivity index (χ0) is 11.7. The molecule has 0 bridgehead atoms. The van der Waals surface area contributed by atoms with E-state index in [4.69, 9.17) is 22.4 Å². The van der Waals surface area contributed by atoms with Gasteiger partial charge in [0.25, 0.3) is 5.78 Å². The highest BCUT2D eigenvalue weighted by atomic mass is 35.5. The van der Waals surface area contributed by atoms with Crippen LogP contribution < -0.4 is 5.73 Å². The summed E-state index contributed by atoms with van der Waals surface area (Å²) in [6, 6.07) is 0. The lowest BCUT2D eigenvalue weighted by Crippen LogP contribution is -2.22. The number of carboxylic acid groups (broad SMARTS) is 1. The summed E-state index contributed by atoms with van der Waals surface area (Å²) in [4.78, 5) is 18.7. The fourth-order valence-electron chi connectivity index (χ4n) is 1.24. The van der Waals surface area contributed by atoms with Crippen LogP contribution in [0.1, 0.15) is 11.7 Å². The second-order valence-electron chi connectivity index (χ2n) is 3.11. The van der Waals surface area contributed by atoms with Gasteiger partial charge in [-0.05, 0) is 0 Å². The van der Waals surface area contributed by atoms with Crippen molar-refractivity contribution >= 4 is 23.3 Å². The van der Waals surface area contributed by atoms with Crippen LogP contribution in [0.4, 0.5) is 0 Å². The molecule has 2 aromatic heterocycles. The van der Waals surface area contributed by atoms with E-state index in [1.54, 1.807) is 0 Å². The molecule has 16 heavy (non-hydrogen) atoms. The molecular weight excluding hydrogens is 234 g/mol.